The third kappa shape index (κ3) is 3.86. The van der Waals surface area contributed by atoms with Gasteiger partial charge in [-0.05, 0) is 45.0 Å². The smallest absolute Gasteiger partial charge is 0.164 e. The predicted octanol–water partition coefficient (Wildman–Crippen LogP) is 3.20. The van der Waals surface area contributed by atoms with Crippen LogP contribution in [0.5, 0.6) is 0 Å². The minimum Gasteiger partial charge on any atom is -0.312 e. The van der Waals surface area contributed by atoms with E-state index in [1.807, 2.05) is 30.3 Å². The van der Waals surface area contributed by atoms with Crippen LogP contribution in [0.15, 0.2) is 36.5 Å². The summed E-state index contributed by atoms with van der Waals surface area (Å²) in [5, 5.41) is 4.34. The fourth-order valence-corrected chi connectivity index (χ4v) is 1.94. The molecule has 1 aromatic carbocycles. The van der Waals surface area contributed by atoms with Gasteiger partial charge in [-0.3, -0.25) is 9.78 Å². The molecule has 0 fully saturated rings. The second-order valence-corrected chi connectivity index (χ2v) is 5.76. The molecule has 2 aromatic rings. The summed E-state index contributed by atoms with van der Waals surface area (Å²) in [6.07, 6.45) is 2.28. The average molecular weight is 256 g/mol. The SMILES string of the molecule is CC(C)(C)NCCC(=O)c1ccc2ncccc2c1. The van der Waals surface area contributed by atoms with Crippen molar-refractivity contribution < 1.29 is 4.79 Å². The second-order valence-electron chi connectivity index (χ2n) is 5.76. The minimum atomic E-state index is 0.0492. The van der Waals surface area contributed by atoms with E-state index in [0.29, 0.717) is 13.0 Å². The summed E-state index contributed by atoms with van der Waals surface area (Å²) < 4.78 is 0. The van der Waals surface area contributed by atoms with Crippen molar-refractivity contribution in [1.82, 2.24) is 10.3 Å². The Morgan fingerprint density at radius 3 is 2.79 bits per heavy atom. The molecule has 0 amide bonds. The number of nitrogens with zero attached hydrogens (tertiary/aromatic N) is 1. The lowest BCUT2D eigenvalue weighted by Crippen LogP contribution is -2.37. The molecule has 1 heterocycles. The topological polar surface area (TPSA) is 42.0 Å². The number of carbonyl (C=O) groups excluding carboxylic acids is 1. The van der Waals surface area contributed by atoms with Gasteiger partial charge in [0, 0.05) is 35.7 Å². The van der Waals surface area contributed by atoms with Gasteiger partial charge in [0.1, 0.15) is 0 Å². The Bertz CT molecular complexity index is 585. The van der Waals surface area contributed by atoms with Gasteiger partial charge in [-0.25, -0.2) is 0 Å². The molecule has 0 saturated carbocycles. The van der Waals surface area contributed by atoms with Gasteiger partial charge in [0.15, 0.2) is 5.78 Å². The summed E-state index contributed by atoms with van der Waals surface area (Å²) in [5.74, 6) is 0.169. The molecule has 2 rings (SSSR count). The lowest BCUT2D eigenvalue weighted by atomic mass is 10.0. The number of hydrogen-bond acceptors (Lipinski definition) is 3. The quantitative estimate of drug-likeness (QED) is 0.854. The molecule has 100 valence electrons. The Hall–Kier alpha value is -1.74. The number of pyridine rings is 1. The Kier molecular flexibility index (Phi) is 3.96. The van der Waals surface area contributed by atoms with E-state index >= 15 is 0 Å². The standard InChI is InChI=1S/C16H20N2O/c1-16(2,3)18-10-8-15(19)13-6-7-14-12(11-13)5-4-9-17-14/h4-7,9,11,18H,8,10H2,1-3H3. The highest BCUT2D eigenvalue weighted by molar-refractivity contribution is 5.99. The molecule has 0 bridgehead atoms. The summed E-state index contributed by atoms with van der Waals surface area (Å²) in [6.45, 7) is 6.99. The van der Waals surface area contributed by atoms with Crippen LogP contribution in [0, 0.1) is 0 Å². The molecule has 0 spiro atoms. The van der Waals surface area contributed by atoms with Gasteiger partial charge in [-0.1, -0.05) is 6.07 Å². The summed E-state index contributed by atoms with van der Waals surface area (Å²) in [7, 11) is 0. The molecule has 3 nitrogen and oxygen atoms in total. The first-order valence-electron chi connectivity index (χ1n) is 6.59. The molecule has 3 heteroatoms. The maximum Gasteiger partial charge on any atom is 0.164 e. The highest BCUT2D eigenvalue weighted by Crippen LogP contribution is 2.14. The second kappa shape index (κ2) is 5.49. The van der Waals surface area contributed by atoms with Crippen molar-refractivity contribution in [1.29, 1.82) is 0 Å². The van der Waals surface area contributed by atoms with E-state index in [2.05, 4.69) is 31.1 Å². The number of benzene rings is 1. The lowest BCUT2D eigenvalue weighted by molar-refractivity contribution is 0.0980. The summed E-state index contributed by atoms with van der Waals surface area (Å²) in [4.78, 5) is 16.4. The van der Waals surface area contributed by atoms with E-state index < -0.39 is 0 Å². The van der Waals surface area contributed by atoms with Gasteiger partial charge >= 0.3 is 0 Å². The number of fused-ring (bicyclic) bond motifs is 1. The van der Waals surface area contributed by atoms with Crippen LogP contribution in [0.1, 0.15) is 37.6 Å². The maximum absolute atomic E-state index is 12.1. The van der Waals surface area contributed by atoms with E-state index in [1.54, 1.807) is 6.20 Å². The Morgan fingerprint density at radius 2 is 2.05 bits per heavy atom. The van der Waals surface area contributed by atoms with Crippen molar-refractivity contribution in [2.24, 2.45) is 0 Å². The van der Waals surface area contributed by atoms with Crippen LogP contribution in [0.4, 0.5) is 0 Å². The van der Waals surface area contributed by atoms with Crippen LogP contribution in [-0.2, 0) is 0 Å². The molecular formula is C16H20N2O. The molecule has 0 aliphatic rings. The van der Waals surface area contributed by atoms with Crippen molar-refractivity contribution in [3.05, 3.63) is 42.1 Å². The monoisotopic (exact) mass is 256 g/mol. The fourth-order valence-electron chi connectivity index (χ4n) is 1.94. The molecule has 19 heavy (non-hydrogen) atoms. The van der Waals surface area contributed by atoms with Crippen LogP contribution in [0.25, 0.3) is 10.9 Å². The highest BCUT2D eigenvalue weighted by atomic mass is 16.1. The van der Waals surface area contributed by atoms with E-state index in [-0.39, 0.29) is 11.3 Å². The highest BCUT2D eigenvalue weighted by Gasteiger charge is 2.11. The van der Waals surface area contributed by atoms with Gasteiger partial charge in [0.25, 0.3) is 0 Å². The number of ketones is 1. The normalized spacial score (nSPS) is 11.7. The van der Waals surface area contributed by atoms with Gasteiger partial charge < -0.3 is 5.32 Å². The first-order chi connectivity index (χ1) is 8.96. The number of nitrogens with one attached hydrogen (secondary N) is 1. The first kappa shape index (κ1) is 13.7. The summed E-state index contributed by atoms with van der Waals surface area (Å²) in [5.41, 5.74) is 1.73. The average Bonchev–Trinajstić information content (AvgIpc) is 2.36. The van der Waals surface area contributed by atoms with Gasteiger partial charge in [-0.15, -0.1) is 0 Å². The first-order valence-corrected chi connectivity index (χ1v) is 6.59. The van der Waals surface area contributed by atoms with Crippen LogP contribution in [-0.4, -0.2) is 22.9 Å². The summed E-state index contributed by atoms with van der Waals surface area (Å²) in [6, 6.07) is 9.54. The van der Waals surface area contributed by atoms with Gasteiger partial charge in [0.2, 0.25) is 0 Å². The predicted molar refractivity (Wildman–Crippen MR) is 78.4 cm³/mol. The third-order valence-corrected chi connectivity index (χ3v) is 2.93. The van der Waals surface area contributed by atoms with Crippen LogP contribution < -0.4 is 5.32 Å². The molecule has 0 aliphatic heterocycles. The van der Waals surface area contributed by atoms with Crippen molar-refractivity contribution in [3.63, 3.8) is 0 Å². The zero-order chi connectivity index (χ0) is 13.9. The zero-order valence-electron chi connectivity index (χ0n) is 11.7. The number of Topliss-reactive ketones (excluding diaryl/α,β-unsaturated/α-hetero) is 1. The molecular weight excluding hydrogens is 236 g/mol. The number of rotatable bonds is 4. The molecule has 0 atom stereocenters. The van der Waals surface area contributed by atoms with Crippen molar-refractivity contribution in [2.75, 3.05) is 6.54 Å². The summed E-state index contributed by atoms with van der Waals surface area (Å²) >= 11 is 0. The molecule has 0 saturated heterocycles. The molecule has 0 radical (unpaired) electrons. The van der Waals surface area contributed by atoms with Crippen LogP contribution in [0.3, 0.4) is 0 Å². The van der Waals surface area contributed by atoms with Crippen LogP contribution >= 0.6 is 0 Å². The molecule has 0 aliphatic carbocycles. The Labute approximate surface area is 114 Å². The zero-order valence-corrected chi connectivity index (χ0v) is 11.7. The van der Waals surface area contributed by atoms with Gasteiger partial charge in [0.05, 0.1) is 5.52 Å². The molecule has 1 N–H and O–H groups in total. The van der Waals surface area contributed by atoms with Crippen molar-refractivity contribution >= 4 is 16.7 Å². The van der Waals surface area contributed by atoms with E-state index in [1.165, 1.54) is 0 Å². The number of carbonyl (C=O) groups is 1. The van der Waals surface area contributed by atoms with Gasteiger partial charge in [-0.2, -0.15) is 0 Å². The number of hydrogen-bond donors (Lipinski definition) is 1. The molecule has 0 unspecified atom stereocenters. The van der Waals surface area contributed by atoms with E-state index in [9.17, 15) is 4.79 Å². The number of aromatic nitrogens is 1. The molecule has 1 aromatic heterocycles. The van der Waals surface area contributed by atoms with E-state index in [0.717, 1.165) is 16.5 Å². The Morgan fingerprint density at radius 1 is 1.26 bits per heavy atom. The minimum absolute atomic E-state index is 0.0492. The maximum atomic E-state index is 12.1. The van der Waals surface area contributed by atoms with E-state index in [4.69, 9.17) is 0 Å². The fraction of sp³-hybridized carbons (Fsp3) is 0.375. The largest absolute Gasteiger partial charge is 0.312 e. The Balaban J connectivity index is 2.05. The van der Waals surface area contributed by atoms with Crippen molar-refractivity contribution in [2.45, 2.75) is 32.7 Å². The lowest BCUT2D eigenvalue weighted by Gasteiger charge is -2.20. The van der Waals surface area contributed by atoms with Crippen molar-refractivity contribution in [3.8, 4) is 0 Å². The van der Waals surface area contributed by atoms with Crippen LogP contribution in [0.2, 0.25) is 0 Å². The third-order valence-electron chi connectivity index (χ3n) is 2.93.